The van der Waals surface area contributed by atoms with Crippen LogP contribution in [0.1, 0.15) is 131 Å². The zero-order valence-electron chi connectivity index (χ0n) is 24.7. The van der Waals surface area contributed by atoms with E-state index in [2.05, 4.69) is 40.7 Å². The van der Waals surface area contributed by atoms with Gasteiger partial charge in [-0.2, -0.15) is 0 Å². The average molecular weight is 503 g/mol. The minimum Gasteiger partial charge on any atom is -0.393 e. The number of allylic oxidation sites excluding steroid dienone is 1. The molecule has 0 aromatic carbocycles. The van der Waals surface area contributed by atoms with Gasteiger partial charge in [-0.15, -0.1) is 0 Å². The van der Waals surface area contributed by atoms with E-state index in [-0.39, 0.29) is 6.10 Å². The summed E-state index contributed by atoms with van der Waals surface area (Å²) < 4.78 is 0. The van der Waals surface area contributed by atoms with Crippen LogP contribution in [0.15, 0.2) is 11.6 Å². The van der Waals surface area contributed by atoms with Crippen molar-refractivity contribution in [1.29, 1.82) is 0 Å². The van der Waals surface area contributed by atoms with Gasteiger partial charge in [-0.3, -0.25) is 0 Å². The Morgan fingerprint density at radius 3 is 2.19 bits per heavy atom. The quantitative estimate of drug-likeness (QED) is 0.210. The second-order valence-corrected chi connectivity index (χ2v) is 14.2. The normalized spacial score (nSPS) is 38.4. The first kappa shape index (κ1) is 30.2. The highest BCUT2D eigenvalue weighted by Crippen LogP contribution is 2.67. The maximum atomic E-state index is 10.2. The summed E-state index contributed by atoms with van der Waals surface area (Å²) in [6.07, 6.45) is 22.0. The van der Waals surface area contributed by atoms with E-state index < -0.39 is 0 Å². The lowest BCUT2D eigenvalue weighted by Crippen LogP contribution is -2.50. The van der Waals surface area contributed by atoms with Gasteiger partial charge in [0.15, 0.2) is 0 Å². The second kappa shape index (κ2) is 13.6. The van der Waals surface area contributed by atoms with Crippen molar-refractivity contribution in [2.75, 3.05) is 13.1 Å². The third-order valence-electron chi connectivity index (χ3n) is 11.4. The minimum atomic E-state index is -0.0766. The molecule has 5 N–H and O–H groups in total. The highest BCUT2D eigenvalue weighted by molar-refractivity contribution is 5.25. The summed E-state index contributed by atoms with van der Waals surface area (Å²) in [6, 6.07) is 0. The fraction of sp³-hybridized carbons (Fsp3) is 0.939. The van der Waals surface area contributed by atoms with Gasteiger partial charge in [0.1, 0.15) is 0 Å². The molecule has 0 aromatic rings. The molecule has 36 heavy (non-hydrogen) atoms. The van der Waals surface area contributed by atoms with Gasteiger partial charge in [0.2, 0.25) is 0 Å². The first-order valence-corrected chi connectivity index (χ1v) is 15.9. The Kier molecular flexibility index (Phi) is 11.4. The van der Waals surface area contributed by atoms with E-state index in [0.29, 0.717) is 10.8 Å². The number of unbranched alkanes of at least 4 members (excludes halogenated alkanes) is 3. The number of hydrogen-bond donors (Lipinski definition) is 3. The molecular weight excluding hydrogens is 440 g/mol. The smallest absolute Gasteiger partial charge is 0.0577 e. The number of rotatable bonds is 10. The molecule has 4 aliphatic carbocycles. The molecule has 0 radical (unpaired) electrons. The standard InChI is InChI=1S/C27H46O.C6H16N2/c1-18(2)7-6-8-19(3)23-11-12-24-22-10-9-20-17-21(28)13-15-26(20,4)25(22)14-16-27(23,24)5;7-5-3-1-2-4-6-8/h9,18-19,21-25,28H,6-8,10-17H2,1-5H3;1-8H2/t19?,21-,22-,23+,24-,25-,26-,27+;/m0./s1. The largest absolute Gasteiger partial charge is 0.393 e. The third kappa shape index (κ3) is 6.78. The summed E-state index contributed by atoms with van der Waals surface area (Å²) in [6.45, 7) is 14.2. The van der Waals surface area contributed by atoms with Gasteiger partial charge in [0, 0.05) is 0 Å². The summed E-state index contributed by atoms with van der Waals surface area (Å²) in [5.74, 6) is 5.46. The number of aliphatic hydroxyl groups excluding tert-OH is 1. The predicted molar refractivity (Wildman–Crippen MR) is 156 cm³/mol. The van der Waals surface area contributed by atoms with Crippen LogP contribution in [0.2, 0.25) is 0 Å². The van der Waals surface area contributed by atoms with Gasteiger partial charge >= 0.3 is 0 Å². The number of nitrogens with two attached hydrogens (primary N) is 2. The molecule has 0 heterocycles. The van der Waals surface area contributed by atoms with Crippen molar-refractivity contribution >= 4 is 0 Å². The Morgan fingerprint density at radius 2 is 1.56 bits per heavy atom. The molecule has 3 fully saturated rings. The molecule has 0 aliphatic heterocycles. The fourth-order valence-electron chi connectivity index (χ4n) is 9.31. The Bertz CT molecular complexity index is 683. The SMILES string of the molecule is CC(C)CCCC(C)[C@H]1CC[C@H]2[C@@H]3CC=C4C[C@@H](O)CC[C@]4(C)[C@H]3CC[C@]12C.NCCCCCCN. The van der Waals surface area contributed by atoms with Crippen molar-refractivity contribution in [1.82, 2.24) is 0 Å². The molecule has 3 nitrogen and oxygen atoms in total. The zero-order chi connectivity index (χ0) is 26.3. The van der Waals surface area contributed by atoms with Gasteiger partial charge in [-0.25, -0.2) is 0 Å². The zero-order valence-corrected chi connectivity index (χ0v) is 24.7. The van der Waals surface area contributed by atoms with Gasteiger partial charge in [0.05, 0.1) is 6.10 Å². The van der Waals surface area contributed by atoms with Crippen molar-refractivity contribution in [3.05, 3.63) is 11.6 Å². The Labute approximate surface area is 224 Å². The third-order valence-corrected chi connectivity index (χ3v) is 11.4. The number of fused-ring (bicyclic) bond motifs is 5. The monoisotopic (exact) mass is 502 g/mol. The summed E-state index contributed by atoms with van der Waals surface area (Å²) >= 11 is 0. The lowest BCUT2D eigenvalue weighted by Gasteiger charge is -2.58. The number of aliphatic hydroxyl groups is 1. The van der Waals surface area contributed by atoms with E-state index in [9.17, 15) is 5.11 Å². The van der Waals surface area contributed by atoms with Crippen LogP contribution >= 0.6 is 0 Å². The maximum absolute atomic E-state index is 10.2. The molecule has 0 spiro atoms. The summed E-state index contributed by atoms with van der Waals surface area (Å²) in [7, 11) is 0. The predicted octanol–water partition coefficient (Wildman–Crippen LogP) is 7.85. The average Bonchev–Trinajstić information content (AvgIpc) is 3.20. The van der Waals surface area contributed by atoms with E-state index in [1.165, 1.54) is 70.6 Å². The number of hydrogen-bond acceptors (Lipinski definition) is 3. The maximum Gasteiger partial charge on any atom is 0.0577 e. The lowest BCUT2D eigenvalue weighted by atomic mass is 9.47. The molecule has 3 saturated carbocycles. The molecule has 1 unspecified atom stereocenters. The molecule has 210 valence electrons. The Balaban J connectivity index is 0.000000392. The van der Waals surface area contributed by atoms with Crippen LogP contribution in [-0.4, -0.2) is 24.3 Å². The van der Waals surface area contributed by atoms with Crippen molar-refractivity contribution in [2.45, 2.75) is 137 Å². The van der Waals surface area contributed by atoms with Crippen molar-refractivity contribution < 1.29 is 5.11 Å². The summed E-state index contributed by atoms with van der Waals surface area (Å²) in [4.78, 5) is 0. The molecule has 0 aromatic heterocycles. The van der Waals surface area contributed by atoms with Crippen LogP contribution in [0.3, 0.4) is 0 Å². The Morgan fingerprint density at radius 1 is 0.861 bits per heavy atom. The molecule has 0 amide bonds. The highest BCUT2D eigenvalue weighted by atomic mass is 16.3. The van der Waals surface area contributed by atoms with Crippen LogP contribution in [0, 0.1) is 46.3 Å². The fourth-order valence-corrected chi connectivity index (χ4v) is 9.31. The van der Waals surface area contributed by atoms with E-state index in [0.717, 1.165) is 74.3 Å². The molecule has 0 bridgehead atoms. The van der Waals surface area contributed by atoms with E-state index >= 15 is 0 Å². The van der Waals surface area contributed by atoms with Gasteiger partial charge < -0.3 is 16.6 Å². The van der Waals surface area contributed by atoms with E-state index in [1.54, 1.807) is 5.57 Å². The van der Waals surface area contributed by atoms with Crippen LogP contribution in [0.25, 0.3) is 0 Å². The van der Waals surface area contributed by atoms with E-state index in [4.69, 9.17) is 11.5 Å². The van der Waals surface area contributed by atoms with Gasteiger partial charge in [-0.1, -0.05) is 78.4 Å². The first-order valence-electron chi connectivity index (χ1n) is 15.9. The lowest BCUT2D eigenvalue weighted by molar-refractivity contribution is -0.0573. The van der Waals surface area contributed by atoms with Crippen LogP contribution in [0.5, 0.6) is 0 Å². The second-order valence-electron chi connectivity index (χ2n) is 14.2. The minimum absolute atomic E-state index is 0.0766. The van der Waals surface area contributed by atoms with Gasteiger partial charge in [0.25, 0.3) is 0 Å². The molecule has 8 atom stereocenters. The molecule has 4 aliphatic rings. The van der Waals surface area contributed by atoms with E-state index in [1.807, 2.05) is 0 Å². The molecular formula is C33H62N2O. The first-order chi connectivity index (χ1) is 17.2. The Hall–Kier alpha value is -0.380. The van der Waals surface area contributed by atoms with Crippen LogP contribution in [0.4, 0.5) is 0 Å². The van der Waals surface area contributed by atoms with Crippen molar-refractivity contribution in [2.24, 2.45) is 57.8 Å². The molecule has 3 heteroatoms. The summed E-state index contributed by atoms with van der Waals surface area (Å²) in [5, 5.41) is 10.2. The van der Waals surface area contributed by atoms with Gasteiger partial charge in [-0.05, 0) is 124 Å². The van der Waals surface area contributed by atoms with Crippen LogP contribution < -0.4 is 11.5 Å². The summed E-state index contributed by atoms with van der Waals surface area (Å²) in [5.41, 5.74) is 13.2. The van der Waals surface area contributed by atoms with Crippen molar-refractivity contribution in [3.63, 3.8) is 0 Å². The van der Waals surface area contributed by atoms with Crippen molar-refractivity contribution in [3.8, 4) is 0 Å². The van der Waals surface area contributed by atoms with Crippen LogP contribution in [-0.2, 0) is 0 Å². The topological polar surface area (TPSA) is 72.3 Å². The molecule has 0 saturated heterocycles. The molecule has 4 rings (SSSR count). The highest BCUT2D eigenvalue weighted by Gasteiger charge is 2.59.